The molecule has 0 amide bonds. The summed E-state index contributed by atoms with van der Waals surface area (Å²) in [5.74, 6) is -1.21. The molecule has 92 valence electrons. The highest BCUT2D eigenvalue weighted by molar-refractivity contribution is 9.10. The molecule has 0 aliphatic carbocycles. The summed E-state index contributed by atoms with van der Waals surface area (Å²) in [5.41, 5.74) is 2.88. The normalized spacial score (nSPS) is 22.1. The van der Waals surface area contributed by atoms with E-state index >= 15 is 0 Å². The number of halogens is 1. The van der Waals surface area contributed by atoms with Crippen LogP contribution in [0.4, 0.5) is 5.69 Å². The third kappa shape index (κ3) is 2.03. The van der Waals surface area contributed by atoms with Gasteiger partial charge in [-0.3, -0.25) is 5.32 Å². The van der Waals surface area contributed by atoms with Crippen molar-refractivity contribution in [3.8, 4) is 0 Å². The lowest BCUT2D eigenvalue weighted by Gasteiger charge is -2.36. The molecule has 2 aromatic rings. The fraction of sp³-hybridized carbons (Fsp3) is 0.143. The van der Waals surface area contributed by atoms with Gasteiger partial charge in [0.25, 0.3) is 0 Å². The molecule has 0 aromatic heterocycles. The molecule has 18 heavy (non-hydrogen) atoms. The van der Waals surface area contributed by atoms with Gasteiger partial charge in [0.05, 0.1) is 0 Å². The van der Waals surface area contributed by atoms with E-state index in [1.807, 2.05) is 48.5 Å². The fourth-order valence-corrected chi connectivity index (χ4v) is 2.55. The molecule has 0 bridgehead atoms. The van der Waals surface area contributed by atoms with E-state index in [0.29, 0.717) is 6.54 Å². The summed E-state index contributed by atoms with van der Waals surface area (Å²) in [6.07, 6.45) is 0. The molecule has 2 aromatic carbocycles. The molecule has 1 aliphatic rings. The van der Waals surface area contributed by atoms with E-state index in [-0.39, 0.29) is 0 Å². The topological polar surface area (TPSA) is 44.3 Å². The minimum Gasteiger partial charge on any atom is -0.355 e. The van der Waals surface area contributed by atoms with E-state index in [0.717, 1.165) is 21.3 Å². The lowest BCUT2D eigenvalue weighted by atomic mass is 10.0. The summed E-state index contributed by atoms with van der Waals surface area (Å²) in [6, 6.07) is 15.5. The molecular formula is C14H13BrN2O. The number of anilines is 1. The second-order valence-electron chi connectivity index (χ2n) is 4.36. The van der Waals surface area contributed by atoms with E-state index in [1.165, 1.54) is 0 Å². The Morgan fingerprint density at radius 3 is 2.67 bits per heavy atom. The number of hydrogen-bond donors (Lipinski definition) is 3. The minimum absolute atomic E-state index is 0.618. The molecular weight excluding hydrogens is 292 g/mol. The highest BCUT2D eigenvalue weighted by Crippen LogP contribution is 2.30. The van der Waals surface area contributed by atoms with Crippen LogP contribution in [-0.4, -0.2) is 5.11 Å². The zero-order valence-electron chi connectivity index (χ0n) is 9.65. The third-order valence-electron chi connectivity index (χ3n) is 3.11. The number of hydrogen-bond acceptors (Lipinski definition) is 3. The maximum atomic E-state index is 10.6. The van der Waals surface area contributed by atoms with Gasteiger partial charge in [-0.2, -0.15) is 0 Å². The first kappa shape index (κ1) is 11.7. The third-order valence-corrected chi connectivity index (χ3v) is 3.60. The van der Waals surface area contributed by atoms with Crippen LogP contribution in [0.1, 0.15) is 11.1 Å². The summed E-state index contributed by atoms with van der Waals surface area (Å²) >= 11 is 3.45. The first-order valence-corrected chi connectivity index (χ1v) is 6.56. The maximum absolute atomic E-state index is 10.6. The molecule has 4 heteroatoms. The number of rotatable bonds is 1. The van der Waals surface area contributed by atoms with Crippen LogP contribution in [0, 0.1) is 0 Å². The summed E-state index contributed by atoms with van der Waals surface area (Å²) in [5, 5.41) is 16.9. The van der Waals surface area contributed by atoms with Crippen LogP contribution in [0.2, 0.25) is 0 Å². The standard InChI is InChI=1S/C14H13BrN2O/c15-12-6-7-13-10(8-12)9-16-14(18,17-13)11-4-2-1-3-5-11/h1-8,16-18H,9H2/t14-/m1/s1. The van der Waals surface area contributed by atoms with Gasteiger partial charge in [0.1, 0.15) is 0 Å². The Morgan fingerprint density at radius 2 is 1.89 bits per heavy atom. The first-order chi connectivity index (χ1) is 8.67. The molecule has 1 aliphatic heterocycles. The van der Waals surface area contributed by atoms with Crippen LogP contribution >= 0.6 is 15.9 Å². The van der Waals surface area contributed by atoms with E-state index in [4.69, 9.17) is 0 Å². The largest absolute Gasteiger partial charge is 0.355 e. The molecule has 0 fully saturated rings. The monoisotopic (exact) mass is 304 g/mol. The molecule has 0 saturated heterocycles. The van der Waals surface area contributed by atoms with Gasteiger partial charge in [-0.15, -0.1) is 0 Å². The van der Waals surface area contributed by atoms with Gasteiger partial charge >= 0.3 is 0 Å². The SMILES string of the molecule is O[C@]1(c2ccccc2)NCc2cc(Br)ccc2N1. The second-order valence-corrected chi connectivity index (χ2v) is 5.27. The van der Waals surface area contributed by atoms with Gasteiger partial charge in [-0.05, 0) is 23.8 Å². The van der Waals surface area contributed by atoms with Crippen molar-refractivity contribution in [3.05, 3.63) is 64.1 Å². The zero-order valence-corrected chi connectivity index (χ0v) is 11.2. The average molecular weight is 305 g/mol. The van der Waals surface area contributed by atoms with Gasteiger partial charge in [0.2, 0.25) is 5.85 Å². The van der Waals surface area contributed by atoms with Gasteiger partial charge in [0, 0.05) is 22.3 Å². The Balaban J connectivity index is 1.97. The van der Waals surface area contributed by atoms with Crippen LogP contribution in [0.15, 0.2) is 53.0 Å². The zero-order chi connectivity index (χ0) is 12.6. The van der Waals surface area contributed by atoms with Crippen molar-refractivity contribution >= 4 is 21.6 Å². The predicted molar refractivity (Wildman–Crippen MR) is 74.9 cm³/mol. The number of aliphatic hydroxyl groups is 1. The minimum atomic E-state index is -1.21. The van der Waals surface area contributed by atoms with Gasteiger partial charge < -0.3 is 10.4 Å². The average Bonchev–Trinajstić information content (AvgIpc) is 2.40. The van der Waals surface area contributed by atoms with Gasteiger partial charge in [-0.25, -0.2) is 0 Å². The molecule has 1 atom stereocenters. The Kier molecular flexibility index (Phi) is 2.86. The van der Waals surface area contributed by atoms with Crippen molar-refractivity contribution in [1.29, 1.82) is 0 Å². The molecule has 0 radical (unpaired) electrons. The Bertz CT molecular complexity index is 573. The Hall–Kier alpha value is -1.36. The molecule has 3 rings (SSSR count). The highest BCUT2D eigenvalue weighted by atomic mass is 79.9. The van der Waals surface area contributed by atoms with Crippen molar-refractivity contribution < 1.29 is 5.11 Å². The summed E-state index contributed by atoms with van der Waals surface area (Å²) in [4.78, 5) is 0. The lowest BCUT2D eigenvalue weighted by molar-refractivity contribution is 0.0235. The van der Waals surface area contributed by atoms with Crippen LogP contribution in [0.5, 0.6) is 0 Å². The van der Waals surface area contributed by atoms with E-state index in [2.05, 4.69) is 26.6 Å². The molecule has 0 saturated carbocycles. The van der Waals surface area contributed by atoms with Crippen molar-refractivity contribution in [1.82, 2.24) is 5.32 Å². The molecule has 1 heterocycles. The molecule has 0 unspecified atom stereocenters. The van der Waals surface area contributed by atoms with Crippen molar-refractivity contribution in [2.45, 2.75) is 12.4 Å². The van der Waals surface area contributed by atoms with Crippen LogP contribution in [0.25, 0.3) is 0 Å². The molecule has 3 nitrogen and oxygen atoms in total. The molecule has 0 spiro atoms. The van der Waals surface area contributed by atoms with Crippen LogP contribution < -0.4 is 10.6 Å². The molecule has 3 N–H and O–H groups in total. The predicted octanol–water partition coefficient (Wildman–Crippen LogP) is 2.77. The van der Waals surface area contributed by atoms with Crippen molar-refractivity contribution in [2.24, 2.45) is 0 Å². The summed E-state index contributed by atoms with van der Waals surface area (Å²) in [7, 11) is 0. The van der Waals surface area contributed by atoms with E-state index in [1.54, 1.807) is 0 Å². The first-order valence-electron chi connectivity index (χ1n) is 5.77. The van der Waals surface area contributed by atoms with Gasteiger partial charge in [-0.1, -0.05) is 46.3 Å². The lowest BCUT2D eigenvalue weighted by Crippen LogP contribution is -2.51. The van der Waals surface area contributed by atoms with Crippen LogP contribution in [-0.2, 0) is 12.4 Å². The number of fused-ring (bicyclic) bond motifs is 1. The second kappa shape index (κ2) is 4.39. The van der Waals surface area contributed by atoms with Gasteiger partial charge in [0.15, 0.2) is 0 Å². The maximum Gasteiger partial charge on any atom is 0.221 e. The van der Waals surface area contributed by atoms with Crippen molar-refractivity contribution in [2.75, 3.05) is 5.32 Å². The smallest absolute Gasteiger partial charge is 0.221 e. The van der Waals surface area contributed by atoms with Crippen LogP contribution in [0.3, 0.4) is 0 Å². The number of nitrogens with one attached hydrogen (secondary N) is 2. The fourth-order valence-electron chi connectivity index (χ4n) is 2.15. The summed E-state index contributed by atoms with van der Waals surface area (Å²) < 4.78 is 1.04. The quantitative estimate of drug-likeness (QED) is 0.759. The summed E-state index contributed by atoms with van der Waals surface area (Å²) in [6.45, 7) is 0.618. The van der Waals surface area contributed by atoms with E-state index < -0.39 is 5.85 Å². The number of benzene rings is 2. The van der Waals surface area contributed by atoms with Crippen molar-refractivity contribution in [3.63, 3.8) is 0 Å². The van der Waals surface area contributed by atoms with E-state index in [9.17, 15) is 5.11 Å². The highest BCUT2D eigenvalue weighted by Gasteiger charge is 2.32. The Morgan fingerprint density at radius 1 is 1.11 bits per heavy atom. The Labute approximate surface area is 114 Å².